The number of fused-ring (bicyclic) bond motifs is 30. The van der Waals surface area contributed by atoms with E-state index >= 15 is 0 Å². The number of hydrogen-bond acceptors (Lipinski definition) is 4. The summed E-state index contributed by atoms with van der Waals surface area (Å²) >= 11 is 0. The molecule has 0 radical (unpaired) electrons. The van der Waals surface area contributed by atoms with E-state index in [1.807, 2.05) is 36.4 Å². The summed E-state index contributed by atoms with van der Waals surface area (Å²) < 4.78 is 0. The summed E-state index contributed by atoms with van der Waals surface area (Å²) in [5.41, 5.74) is 15.5. The zero-order chi connectivity index (χ0) is 76.6. The Bertz CT molecular complexity index is 8370. The normalized spacial score (nSPS) is 11.8. The second-order valence-electron chi connectivity index (χ2n) is 30.6. The topological polar surface area (TPSA) is 73.4 Å². The van der Waals surface area contributed by atoms with E-state index in [1.54, 1.807) is 0 Å². The molecule has 24 rings (SSSR count). The van der Waals surface area contributed by atoms with Crippen LogP contribution in [0.1, 0.15) is 11.1 Å². The molecule has 0 saturated carbocycles. The van der Waals surface area contributed by atoms with Crippen LogP contribution in [0, 0.1) is 22.7 Å². The molecule has 0 saturated heterocycles. The molecule has 24 aromatic rings. The number of nitrogens with zero attached hydrogens (tertiary/aromatic N) is 4. The van der Waals surface area contributed by atoms with Crippen LogP contribution in [0.4, 0.5) is 0 Å². The molecule has 0 aliphatic rings. The molecule has 0 bridgehead atoms. The van der Waals surface area contributed by atoms with Gasteiger partial charge in [0.1, 0.15) is 0 Å². The molecule has 0 amide bonds. The molecule has 2 aromatic heterocycles. The summed E-state index contributed by atoms with van der Waals surface area (Å²) in [7, 11) is 0. The second-order valence-corrected chi connectivity index (χ2v) is 30.6. The van der Waals surface area contributed by atoms with E-state index in [2.05, 4.69) is 364 Å². The first-order valence-electron chi connectivity index (χ1n) is 39.5. The summed E-state index contributed by atoms with van der Waals surface area (Å²) in [5, 5.41) is 56.8. The van der Waals surface area contributed by atoms with Crippen molar-refractivity contribution in [3.05, 3.63) is 399 Å². The van der Waals surface area contributed by atoms with Crippen molar-refractivity contribution < 1.29 is 0 Å². The summed E-state index contributed by atoms with van der Waals surface area (Å²) in [6.07, 6.45) is 0. The van der Waals surface area contributed by atoms with Crippen molar-refractivity contribution >= 4 is 173 Å². The lowest BCUT2D eigenvalue weighted by Gasteiger charge is -2.17. The zero-order valence-electron chi connectivity index (χ0n) is 62.7. The number of nitriles is 2. The van der Waals surface area contributed by atoms with Gasteiger partial charge in [0.15, 0.2) is 0 Å². The molecule has 0 spiro atoms. The fourth-order valence-corrected chi connectivity index (χ4v) is 19.2. The highest BCUT2D eigenvalue weighted by Gasteiger charge is 2.23. The Morgan fingerprint density at radius 1 is 0.155 bits per heavy atom. The maximum absolute atomic E-state index is 10.4. The van der Waals surface area contributed by atoms with Gasteiger partial charge in [0.2, 0.25) is 0 Å². The standard InChI is InChI=1S/2C56H32N2/c57-33-34-12-11-13-35(28-34)51-32-55(37-25-27-48-43-19-4-2-15-39(43)41-17-6-8-21-45(41)53(48)30-37)58-56-49-23-10-9-22-46(49)50(31-54(51)56)36-24-26-47-42-18-3-1-14-38(42)40-16-5-7-20-44(40)52(47)29-36;57-33-36-13-1-2-14-37(36)53-32-55(35-26-28-48-43-20-6-4-16-39(43)41-18-8-10-22-45(41)52(48)30-35)58-56-49-24-12-11-23-46(49)50(31-54(53)56)34-25-27-47-42-19-5-3-15-38(42)40-17-7-9-21-44(40)51(47)29-34/h2*1-32H. The van der Waals surface area contributed by atoms with Crippen molar-refractivity contribution in [1.82, 2.24) is 9.97 Å². The molecule has 0 aliphatic carbocycles. The molecule has 2 heterocycles. The monoisotopic (exact) mass is 1460 g/mol. The van der Waals surface area contributed by atoms with Crippen LogP contribution in [0.25, 0.3) is 240 Å². The van der Waals surface area contributed by atoms with Crippen LogP contribution in [0.2, 0.25) is 0 Å². The first kappa shape index (κ1) is 66.1. The third-order valence-corrected chi connectivity index (χ3v) is 24.5. The molecule has 0 fully saturated rings. The van der Waals surface area contributed by atoms with Gasteiger partial charge in [-0.2, -0.15) is 10.5 Å². The first-order valence-corrected chi connectivity index (χ1v) is 39.5. The van der Waals surface area contributed by atoms with Crippen molar-refractivity contribution in [2.45, 2.75) is 0 Å². The van der Waals surface area contributed by atoms with Gasteiger partial charge in [-0.15, -0.1) is 0 Å². The van der Waals surface area contributed by atoms with Crippen LogP contribution >= 0.6 is 0 Å². The average molecular weight is 1470 g/mol. The van der Waals surface area contributed by atoms with E-state index in [9.17, 15) is 10.5 Å². The third kappa shape index (κ3) is 10.4. The predicted octanol–water partition coefficient (Wildman–Crippen LogP) is 30.4. The van der Waals surface area contributed by atoms with Crippen LogP contribution in [-0.2, 0) is 0 Å². The summed E-state index contributed by atoms with van der Waals surface area (Å²) in [6.45, 7) is 0. The molecule has 22 aromatic carbocycles. The van der Waals surface area contributed by atoms with Crippen LogP contribution in [0.3, 0.4) is 0 Å². The molecular weight excluding hydrogens is 1400 g/mol. The number of aromatic nitrogens is 2. The number of benzene rings is 22. The molecule has 4 heteroatoms. The molecular formula is C112H64N4. The van der Waals surface area contributed by atoms with E-state index in [0.717, 1.165) is 110 Å². The van der Waals surface area contributed by atoms with Crippen molar-refractivity contribution in [3.63, 3.8) is 0 Å². The van der Waals surface area contributed by atoms with E-state index in [-0.39, 0.29) is 0 Å². The van der Waals surface area contributed by atoms with Crippen LogP contribution in [-0.4, -0.2) is 9.97 Å². The number of pyridine rings is 2. The molecule has 532 valence electrons. The quantitative estimate of drug-likeness (QED) is 0.156. The minimum atomic E-state index is 0.628. The van der Waals surface area contributed by atoms with Crippen LogP contribution in [0.15, 0.2) is 388 Å². The molecule has 4 nitrogen and oxygen atoms in total. The van der Waals surface area contributed by atoms with Gasteiger partial charge in [0.05, 0.1) is 45.7 Å². The van der Waals surface area contributed by atoms with Gasteiger partial charge in [-0.3, -0.25) is 0 Å². The summed E-state index contributed by atoms with van der Waals surface area (Å²) in [5.74, 6) is 0. The predicted molar refractivity (Wildman–Crippen MR) is 491 cm³/mol. The fraction of sp³-hybridized carbons (Fsp3) is 0. The highest BCUT2D eigenvalue weighted by molar-refractivity contribution is 6.31. The van der Waals surface area contributed by atoms with E-state index < -0.39 is 0 Å². The fourth-order valence-electron chi connectivity index (χ4n) is 19.2. The van der Waals surface area contributed by atoms with Crippen molar-refractivity contribution in [2.24, 2.45) is 0 Å². The van der Waals surface area contributed by atoms with E-state index in [4.69, 9.17) is 9.97 Å². The largest absolute Gasteiger partial charge is 0.247 e. The third-order valence-electron chi connectivity index (χ3n) is 24.5. The highest BCUT2D eigenvalue weighted by atomic mass is 14.7. The second kappa shape index (κ2) is 26.5. The first-order chi connectivity index (χ1) is 57.4. The van der Waals surface area contributed by atoms with Crippen LogP contribution in [0.5, 0.6) is 0 Å². The smallest absolute Gasteiger partial charge is 0.0998 e. The summed E-state index contributed by atoms with van der Waals surface area (Å²) in [6, 6.07) is 144. The van der Waals surface area contributed by atoms with Crippen molar-refractivity contribution in [2.75, 3.05) is 0 Å². The van der Waals surface area contributed by atoms with Gasteiger partial charge in [-0.1, -0.05) is 322 Å². The SMILES string of the molecule is N#Cc1cccc(-c2cc(-c3ccc4c5ccccc5c5ccccc5c4c3)nc3c2cc(-c2ccc4c5ccccc5c5ccccc5c4c2)c2ccccc23)c1.N#Cc1ccccc1-c1cc(-c2ccc3c4ccccc4c4ccccc4c3c2)nc2c1cc(-c1ccc3c4ccccc4c4ccccc4c3c1)c1ccccc12. The Hall–Kier alpha value is -15.7. The average Bonchev–Trinajstić information content (AvgIpc) is 0.732. The van der Waals surface area contributed by atoms with Crippen molar-refractivity contribution in [3.8, 4) is 79.2 Å². The van der Waals surface area contributed by atoms with Crippen LogP contribution < -0.4 is 0 Å². The lowest BCUT2D eigenvalue weighted by Crippen LogP contribution is -1.95. The lowest BCUT2D eigenvalue weighted by molar-refractivity contribution is 1.41. The van der Waals surface area contributed by atoms with Gasteiger partial charge in [-0.05, 0) is 246 Å². The van der Waals surface area contributed by atoms with Gasteiger partial charge >= 0.3 is 0 Å². The lowest BCUT2D eigenvalue weighted by atomic mass is 9.88. The number of hydrogen-bond donors (Lipinski definition) is 0. The Morgan fingerprint density at radius 3 is 0.759 bits per heavy atom. The Morgan fingerprint density at radius 2 is 0.414 bits per heavy atom. The van der Waals surface area contributed by atoms with E-state index in [0.29, 0.717) is 11.1 Å². The minimum absolute atomic E-state index is 0.628. The van der Waals surface area contributed by atoms with Gasteiger partial charge in [-0.25, -0.2) is 9.97 Å². The molecule has 0 N–H and O–H groups in total. The number of rotatable bonds is 6. The van der Waals surface area contributed by atoms with E-state index in [1.165, 1.54) is 129 Å². The molecule has 0 atom stereocenters. The Labute approximate surface area is 667 Å². The summed E-state index contributed by atoms with van der Waals surface area (Å²) in [4.78, 5) is 11.1. The Kier molecular flexibility index (Phi) is 15.1. The molecule has 0 unspecified atom stereocenters. The Balaban J connectivity index is 0.000000137. The maximum atomic E-state index is 10.4. The molecule has 0 aliphatic heterocycles. The zero-order valence-corrected chi connectivity index (χ0v) is 62.7. The van der Waals surface area contributed by atoms with Gasteiger partial charge in [0.25, 0.3) is 0 Å². The maximum Gasteiger partial charge on any atom is 0.0998 e. The van der Waals surface area contributed by atoms with Gasteiger partial charge in [0, 0.05) is 38.2 Å². The van der Waals surface area contributed by atoms with Crippen molar-refractivity contribution in [1.29, 1.82) is 10.5 Å². The van der Waals surface area contributed by atoms with Gasteiger partial charge < -0.3 is 0 Å². The molecule has 116 heavy (non-hydrogen) atoms. The minimum Gasteiger partial charge on any atom is -0.247 e. The highest BCUT2D eigenvalue weighted by Crippen LogP contribution is 2.48.